The molecule has 2 N–H and O–H groups in total. The standard InChI is InChI=1S/C25H23Cl2N3O3/c1-17-6-2-4-8-22(17)29-24(31)12-13-25(32)30-28-15-19-7-3-5-9-23(19)33-16-18-10-11-20(26)21(27)14-18/h2-11,14-15H,12-13,16H2,1H3,(H,29,31)(H,30,32). The maximum Gasteiger partial charge on any atom is 0.240 e. The van der Waals surface area contributed by atoms with Crippen LogP contribution in [0, 0.1) is 6.92 Å². The molecule has 0 aliphatic heterocycles. The number of hydrogen-bond acceptors (Lipinski definition) is 4. The lowest BCUT2D eigenvalue weighted by Gasteiger charge is -2.10. The second kappa shape index (κ2) is 12.0. The molecule has 0 atom stereocenters. The van der Waals surface area contributed by atoms with Gasteiger partial charge in [0.15, 0.2) is 0 Å². The van der Waals surface area contributed by atoms with Crippen molar-refractivity contribution in [3.05, 3.63) is 93.5 Å². The molecule has 0 aliphatic carbocycles. The number of carbonyl (C=O) groups excluding carboxylic acids is 2. The Morgan fingerprint density at radius 1 is 0.939 bits per heavy atom. The van der Waals surface area contributed by atoms with Crippen molar-refractivity contribution in [1.29, 1.82) is 0 Å². The molecule has 3 aromatic rings. The summed E-state index contributed by atoms with van der Waals surface area (Å²) < 4.78 is 5.86. The Hall–Kier alpha value is -3.35. The highest BCUT2D eigenvalue weighted by atomic mass is 35.5. The lowest BCUT2D eigenvalue weighted by Crippen LogP contribution is -2.20. The fourth-order valence-corrected chi connectivity index (χ4v) is 3.21. The number of nitrogens with zero attached hydrogens (tertiary/aromatic N) is 1. The van der Waals surface area contributed by atoms with Gasteiger partial charge in [0.2, 0.25) is 11.8 Å². The van der Waals surface area contributed by atoms with Gasteiger partial charge in [-0.25, -0.2) is 5.43 Å². The highest BCUT2D eigenvalue weighted by molar-refractivity contribution is 6.42. The minimum Gasteiger partial charge on any atom is -0.488 e. The third kappa shape index (κ3) is 7.63. The summed E-state index contributed by atoms with van der Waals surface area (Å²) in [5.41, 5.74) is 5.69. The number of benzene rings is 3. The lowest BCUT2D eigenvalue weighted by molar-refractivity contribution is -0.124. The van der Waals surface area contributed by atoms with Crippen LogP contribution in [0.1, 0.15) is 29.5 Å². The number of halogens is 2. The number of ether oxygens (including phenoxy) is 1. The molecule has 0 aliphatic rings. The number of hydrogen-bond donors (Lipinski definition) is 2. The van der Waals surface area contributed by atoms with Crippen molar-refractivity contribution in [2.45, 2.75) is 26.4 Å². The van der Waals surface area contributed by atoms with Crippen LogP contribution in [0.25, 0.3) is 0 Å². The topological polar surface area (TPSA) is 79.8 Å². The third-order valence-electron chi connectivity index (χ3n) is 4.69. The van der Waals surface area contributed by atoms with Crippen LogP contribution in [0.5, 0.6) is 5.75 Å². The maximum absolute atomic E-state index is 12.1. The van der Waals surface area contributed by atoms with Gasteiger partial charge in [-0.1, -0.05) is 59.6 Å². The summed E-state index contributed by atoms with van der Waals surface area (Å²) in [4.78, 5) is 24.1. The van der Waals surface area contributed by atoms with Gasteiger partial charge in [-0.2, -0.15) is 5.10 Å². The van der Waals surface area contributed by atoms with Crippen molar-refractivity contribution < 1.29 is 14.3 Å². The largest absolute Gasteiger partial charge is 0.488 e. The van der Waals surface area contributed by atoms with Crippen molar-refractivity contribution in [3.8, 4) is 5.75 Å². The molecule has 0 radical (unpaired) electrons. The van der Waals surface area contributed by atoms with E-state index in [-0.39, 0.29) is 24.7 Å². The van der Waals surface area contributed by atoms with Crippen LogP contribution in [0.2, 0.25) is 10.0 Å². The van der Waals surface area contributed by atoms with Crippen LogP contribution in [0.3, 0.4) is 0 Å². The van der Waals surface area contributed by atoms with E-state index in [4.69, 9.17) is 27.9 Å². The first-order chi connectivity index (χ1) is 15.9. The molecule has 2 amide bonds. The number of hydrazone groups is 1. The molecule has 0 aromatic heterocycles. The van der Waals surface area contributed by atoms with E-state index in [1.54, 1.807) is 18.2 Å². The first kappa shape index (κ1) is 24.3. The number of amides is 2. The van der Waals surface area contributed by atoms with Crippen LogP contribution < -0.4 is 15.5 Å². The summed E-state index contributed by atoms with van der Waals surface area (Å²) in [6.07, 6.45) is 1.57. The molecule has 0 saturated heterocycles. The second-order valence-electron chi connectivity index (χ2n) is 7.23. The van der Waals surface area contributed by atoms with Crippen molar-refractivity contribution >= 4 is 46.9 Å². The minimum absolute atomic E-state index is 0.0184. The molecule has 0 heterocycles. The molecule has 3 rings (SSSR count). The number of carbonyl (C=O) groups is 2. The van der Waals surface area contributed by atoms with E-state index in [0.717, 1.165) is 16.8 Å². The number of para-hydroxylation sites is 2. The van der Waals surface area contributed by atoms with Gasteiger partial charge in [0.25, 0.3) is 0 Å². The summed E-state index contributed by atoms with van der Waals surface area (Å²) in [7, 11) is 0. The smallest absolute Gasteiger partial charge is 0.240 e. The number of anilines is 1. The van der Waals surface area contributed by atoms with Gasteiger partial charge in [-0.15, -0.1) is 0 Å². The van der Waals surface area contributed by atoms with E-state index in [2.05, 4.69) is 15.8 Å². The zero-order valence-electron chi connectivity index (χ0n) is 18.0. The summed E-state index contributed by atoms with van der Waals surface area (Å²) in [5.74, 6) is 0.00375. The molecule has 6 nitrogen and oxygen atoms in total. The summed E-state index contributed by atoms with van der Waals surface area (Å²) in [6.45, 7) is 2.20. The zero-order valence-corrected chi connectivity index (χ0v) is 19.5. The molecule has 0 spiro atoms. The van der Waals surface area contributed by atoms with Gasteiger partial charge >= 0.3 is 0 Å². The van der Waals surface area contributed by atoms with Crippen molar-refractivity contribution in [2.75, 3.05) is 5.32 Å². The van der Waals surface area contributed by atoms with Crippen LogP contribution in [0.4, 0.5) is 5.69 Å². The van der Waals surface area contributed by atoms with Crippen molar-refractivity contribution in [3.63, 3.8) is 0 Å². The number of rotatable bonds is 9. The average molecular weight is 484 g/mol. The molecule has 0 unspecified atom stereocenters. The van der Waals surface area contributed by atoms with Crippen LogP contribution >= 0.6 is 23.2 Å². The van der Waals surface area contributed by atoms with E-state index < -0.39 is 0 Å². The predicted molar refractivity (Wildman–Crippen MR) is 132 cm³/mol. The van der Waals surface area contributed by atoms with Crippen molar-refractivity contribution in [2.24, 2.45) is 5.10 Å². The summed E-state index contributed by atoms with van der Waals surface area (Å²) in [6, 6.07) is 20.1. The van der Waals surface area contributed by atoms with E-state index in [1.807, 2.05) is 55.5 Å². The fraction of sp³-hybridized carbons (Fsp3) is 0.160. The van der Waals surface area contributed by atoms with E-state index in [0.29, 0.717) is 28.0 Å². The van der Waals surface area contributed by atoms with Crippen LogP contribution in [-0.4, -0.2) is 18.0 Å². The van der Waals surface area contributed by atoms with Gasteiger partial charge in [-0.05, 0) is 48.4 Å². The normalized spacial score (nSPS) is 10.8. The van der Waals surface area contributed by atoms with Crippen LogP contribution in [-0.2, 0) is 16.2 Å². The first-order valence-electron chi connectivity index (χ1n) is 10.3. The molecule has 33 heavy (non-hydrogen) atoms. The highest BCUT2D eigenvalue weighted by Crippen LogP contribution is 2.24. The molecule has 3 aromatic carbocycles. The fourth-order valence-electron chi connectivity index (χ4n) is 2.89. The molecule has 0 fully saturated rings. The third-order valence-corrected chi connectivity index (χ3v) is 5.43. The van der Waals surface area contributed by atoms with E-state index >= 15 is 0 Å². The van der Waals surface area contributed by atoms with Gasteiger partial charge in [0.1, 0.15) is 12.4 Å². The Morgan fingerprint density at radius 2 is 1.67 bits per heavy atom. The summed E-state index contributed by atoms with van der Waals surface area (Å²) >= 11 is 12.0. The lowest BCUT2D eigenvalue weighted by atomic mass is 10.2. The summed E-state index contributed by atoms with van der Waals surface area (Å²) in [5, 5.41) is 7.73. The quantitative estimate of drug-likeness (QED) is 0.300. The Labute approximate surface area is 202 Å². The Kier molecular flexibility index (Phi) is 8.87. The molecular formula is C25H23Cl2N3O3. The van der Waals surface area contributed by atoms with Crippen molar-refractivity contribution in [1.82, 2.24) is 5.43 Å². The molecule has 8 heteroatoms. The zero-order chi connectivity index (χ0) is 23.6. The molecule has 170 valence electrons. The predicted octanol–water partition coefficient (Wildman–Crippen LogP) is 5.75. The first-order valence-corrected chi connectivity index (χ1v) is 11.0. The minimum atomic E-state index is -0.361. The van der Waals surface area contributed by atoms with E-state index in [1.165, 1.54) is 6.21 Å². The van der Waals surface area contributed by atoms with Gasteiger partial charge < -0.3 is 10.1 Å². The van der Waals surface area contributed by atoms with Gasteiger partial charge in [0, 0.05) is 24.1 Å². The highest BCUT2D eigenvalue weighted by Gasteiger charge is 2.08. The van der Waals surface area contributed by atoms with Gasteiger partial charge in [0.05, 0.1) is 16.3 Å². The Balaban J connectivity index is 1.48. The average Bonchev–Trinajstić information content (AvgIpc) is 2.81. The second-order valence-corrected chi connectivity index (χ2v) is 8.05. The van der Waals surface area contributed by atoms with E-state index in [9.17, 15) is 9.59 Å². The van der Waals surface area contributed by atoms with Gasteiger partial charge in [-0.3, -0.25) is 9.59 Å². The molecule has 0 saturated carbocycles. The molecule has 0 bridgehead atoms. The molecular weight excluding hydrogens is 461 g/mol. The Morgan fingerprint density at radius 3 is 2.45 bits per heavy atom. The monoisotopic (exact) mass is 483 g/mol. The number of nitrogens with one attached hydrogen (secondary N) is 2. The SMILES string of the molecule is Cc1ccccc1NC(=O)CCC(=O)NN=Cc1ccccc1OCc1ccc(Cl)c(Cl)c1. The Bertz CT molecular complexity index is 1170. The van der Waals surface area contributed by atoms with Crippen LogP contribution in [0.15, 0.2) is 71.8 Å². The number of aryl methyl sites for hydroxylation is 1. The maximum atomic E-state index is 12.1.